The maximum Gasteiger partial charge on any atom is 0.333 e. The lowest BCUT2D eigenvalue weighted by atomic mass is 10.1. The summed E-state index contributed by atoms with van der Waals surface area (Å²) in [6, 6.07) is 0. The van der Waals surface area contributed by atoms with E-state index in [4.69, 9.17) is 9.47 Å². The third kappa shape index (κ3) is 13.4. The minimum atomic E-state index is -0.273. The molecule has 0 unspecified atom stereocenters. The Labute approximate surface area is 118 Å². The Morgan fingerprint density at radius 3 is 1.89 bits per heavy atom. The number of hydrogen-bond acceptors (Lipinski definition) is 3. The van der Waals surface area contributed by atoms with Crippen molar-refractivity contribution in [2.45, 2.75) is 71.8 Å². The van der Waals surface area contributed by atoms with Gasteiger partial charge in [-0.1, -0.05) is 38.7 Å². The maximum atomic E-state index is 11.1. The van der Waals surface area contributed by atoms with E-state index in [0.29, 0.717) is 18.3 Å². The molecule has 0 aliphatic heterocycles. The smallest absolute Gasteiger partial charge is 0.333 e. The van der Waals surface area contributed by atoms with Crippen molar-refractivity contribution in [1.82, 2.24) is 0 Å². The summed E-state index contributed by atoms with van der Waals surface area (Å²) in [6.45, 7) is 10.8. The summed E-state index contributed by atoms with van der Waals surface area (Å²) in [5, 5.41) is 0. The molecule has 0 atom stereocenters. The summed E-state index contributed by atoms with van der Waals surface area (Å²) in [4.78, 5) is 11.1. The van der Waals surface area contributed by atoms with Gasteiger partial charge >= 0.3 is 5.97 Å². The molecule has 0 radical (unpaired) electrons. The van der Waals surface area contributed by atoms with Gasteiger partial charge < -0.3 is 9.47 Å². The highest BCUT2D eigenvalue weighted by atomic mass is 16.5. The van der Waals surface area contributed by atoms with Crippen molar-refractivity contribution in [2.24, 2.45) is 0 Å². The Bertz CT molecular complexity index is 246. The van der Waals surface area contributed by atoms with Gasteiger partial charge in [0.05, 0.1) is 12.7 Å². The Morgan fingerprint density at radius 1 is 0.947 bits per heavy atom. The monoisotopic (exact) mass is 270 g/mol. The Kier molecular flexibility index (Phi) is 11.7. The lowest BCUT2D eigenvalue weighted by molar-refractivity contribution is -0.139. The number of esters is 1. The summed E-state index contributed by atoms with van der Waals surface area (Å²) < 4.78 is 10.5. The van der Waals surface area contributed by atoms with E-state index in [1.807, 2.05) is 0 Å². The van der Waals surface area contributed by atoms with Gasteiger partial charge in [-0.3, -0.25) is 0 Å². The van der Waals surface area contributed by atoms with Gasteiger partial charge in [-0.15, -0.1) is 0 Å². The fourth-order valence-corrected chi connectivity index (χ4v) is 1.70. The highest BCUT2D eigenvalue weighted by Crippen LogP contribution is 2.08. The molecule has 0 spiro atoms. The molecule has 3 nitrogen and oxygen atoms in total. The van der Waals surface area contributed by atoms with Gasteiger partial charge in [0.2, 0.25) is 0 Å². The van der Waals surface area contributed by atoms with Gasteiger partial charge in [-0.25, -0.2) is 4.79 Å². The van der Waals surface area contributed by atoms with Gasteiger partial charge in [-0.05, 0) is 33.6 Å². The van der Waals surface area contributed by atoms with Gasteiger partial charge in [0.25, 0.3) is 0 Å². The third-order valence-corrected chi connectivity index (χ3v) is 2.82. The molecule has 19 heavy (non-hydrogen) atoms. The van der Waals surface area contributed by atoms with Crippen molar-refractivity contribution in [3.63, 3.8) is 0 Å². The predicted octanol–water partition coefficient (Wildman–Crippen LogP) is 4.26. The summed E-state index contributed by atoms with van der Waals surface area (Å²) in [7, 11) is 0. The third-order valence-electron chi connectivity index (χ3n) is 2.82. The first kappa shape index (κ1) is 18.2. The zero-order valence-corrected chi connectivity index (χ0v) is 12.9. The largest absolute Gasteiger partial charge is 0.462 e. The van der Waals surface area contributed by atoms with Gasteiger partial charge in [0.1, 0.15) is 0 Å². The zero-order chi connectivity index (χ0) is 14.5. The van der Waals surface area contributed by atoms with Crippen LogP contribution in [0.25, 0.3) is 0 Å². The highest BCUT2D eigenvalue weighted by Gasteiger charge is 2.01. The molecule has 0 saturated heterocycles. The first-order valence-corrected chi connectivity index (χ1v) is 7.48. The molecular weight excluding hydrogens is 240 g/mol. The van der Waals surface area contributed by atoms with E-state index in [2.05, 4.69) is 20.4 Å². The first-order chi connectivity index (χ1) is 9.04. The molecule has 0 bridgehead atoms. The first-order valence-electron chi connectivity index (χ1n) is 7.48. The standard InChI is InChI=1S/C16H30O3/c1-14(2)16(17)19-13-11-9-7-5-6-8-10-12-18-15(3)4/h15H,1,5-13H2,2-4H3. The SMILES string of the molecule is C=C(C)C(=O)OCCCCCCCCCOC(C)C. The van der Waals surface area contributed by atoms with Crippen molar-refractivity contribution >= 4 is 5.97 Å². The van der Waals surface area contributed by atoms with Crippen molar-refractivity contribution in [1.29, 1.82) is 0 Å². The predicted molar refractivity (Wildman–Crippen MR) is 79.2 cm³/mol. The summed E-state index contributed by atoms with van der Waals surface area (Å²) in [6.07, 6.45) is 8.59. The fourth-order valence-electron chi connectivity index (χ4n) is 1.70. The summed E-state index contributed by atoms with van der Waals surface area (Å²) in [5.41, 5.74) is 0.476. The van der Waals surface area contributed by atoms with E-state index >= 15 is 0 Å². The van der Waals surface area contributed by atoms with Crippen molar-refractivity contribution < 1.29 is 14.3 Å². The number of carbonyl (C=O) groups excluding carboxylic acids is 1. The molecule has 0 heterocycles. The molecule has 0 N–H and O–H groups in total. The molecule has 0 amide bonds. The Morgan fingerprint density at radius 2 is 1.42 bits per heavy atom. The van der Waals surface area contributed by atoms with E-state index in [0.717, 1.165) is 25.9 Å². The average molecular weight is 270 g/mol. The van der Waals surface area contributed by atoms with Crippen LogP contribution in [0.15, 0.2) is 12.2 Å². The Hall–Kier alpha value is -0.830. The zero-order valence-electron chi connectivity index (χ0n) is 12.9. The Balaban J connectivity index is 3.11. The molecule has 112 valence electrons. The van der Waals surface area contributed by atoms with Crippen LogP contribution in [0.4, 0.5) is 0 Å². The van der Waals surface area contributed by atoms with Crippen LogP contribution in [0.2, 0.25) is 0 Å². The van der Waals surface area contributed by atoms with E-state index in [-0.39, 0.29) is 5.97 Å². The topological polar surface area (TPSA) is 35.5 Å². The van der Waals surface area contributed by atoms with Crippen molar-refractivity contribution in [2.75, 3.05) is 13.2 Å². The minimum absolute atomic E-state index is 0.273. The molecular formula is C16H30O3. The number of ether oxygens (including phenoxy) is 2. The molecule has 0 aliphatic rings. The van der Waals surface area contributed by atoms with Crippen LogP contribution in [0.1, 0.15) is 65.7 Å². The number of rotatable bonds is 12. The molecule has 0 fully saturated rings. The van der Waals surface area contributed by atoms with Crippen LogP contribution in [0, 0.1) is 0 Å². The minimum Gasteiger partial charge on any atom is -0.462 e. The van der Waals surface area contributed by atoms with E-state index < -0.39 is 0 Å². The van der Waals surface area contributed by atoms with Crippen LogP contribution in [0.5, 0.6) is 0 Å². The molecule has 0 rings (SSSR count). The average Bonchev–Trinajstić information content (AvgIpc) is 2.35. The number of carbonyl (C=O) groups is 1. The maximum absolute atomic E-state index is 11.1. The van der Waals surface area contributed by atoms with Crippen LogP contribution < -0.4 is 0 Å². The summed E-state index contributed by atoms with van der Waals surface area (Å²) in [5.74, 6) is -0.273. The quantitative estimate of drug-likeness (QED) is 0.302. The van der Waals surface area contributed by atoms with Gasteiger partial charge in [0, 0.05) is 12.2 Å². The molecule has 0 aromatic carbocycles. The van der Waals surface area contributed by atoms with Gasteiger partial charge in [0.15, 0.2) is 0 Å². The molecule has 0 aromatic heterocycles. The van der Waals surface area contributed by atoms with E-state index in [1.54, 1.807) is 6.92 Å². The van der Waals surface area contributed by atoms with Crippen LogP contribution in [-0.2, 0) is 14.3 Å². The number of unbranched alkanes of at least 4 members (excludes halogenated alkanes) is 6. The van der Waals surface area contributed by atoms with Crippen molar-refractivity contribution in [3.05, 3.63) is 12.2 Å². The van der Waals surface area contributed by atoms with E-state index in [9.17, 15) is 4.79 Å². The second-order valence-corrected chi connectivity index (χ2v) is 5.31. The van der Waals surface area contributed by atoms with Crippen LogP contribution in [-0.4, -0.2) is 25.3 Å². The normalized spacial score (nSPS) is 10.7. The lowest BCUT2D eigenvalue weighted by Gasteiger charge is -2.07. The number of hydrogen-bond donors (Lipinski definition) is 0. The van der Waals surface area contributed by atoms with Crippen LogP contribution in [0.3, 0.4) is 0 Å². The highest BCUT2D eigenvalue weighted by molar-refractivity contribution is 5.86. The van der Waals surface area contributed by atoms with Crippen molar-refractivity contribution in [3.8, 4) is 0 Å². The molecule has 0 aliphatic carbocycles. The van der Waals surface area contributed by atoms with Gasteiger partial charge in [-0.2, -0.15) is 0 Å². The lowest BCUT2D eigenvalue weighted by Crippen LogP contribution is -2.06. The summed E-state index contributed by atoms with van der Waals surface area (Å²) >= 11 is 0. The molecule has 0 saturated carbocycles. The molecule has 3 heteroatoms. The second-order valence-electron chi connectivity index (χ2n) is 5.31. The van der Waals surface area contributed by atoms with Crippen LogP contribution >= 0.6 is 0 Å². The molecule has 0 aromatic rings. The second kappa shape index (κ2) is 12.2. The fraction of sp³-hybridized carbons (Fsp3) is 0.812. The van der Waals surface area contributed by atoms with E-state index in [1.165, 1.54) is 25.7 Å².